The summed E-state index contributed by atoms with van der Waals surface area (Å²) in [5, 5.41) is 2.20. The van der Waals surface area contributed by atoms with E-state index in [0.29, 0.717) is 0 Å². The molecular weight excluding hydrogens is 691 g/mol. The molecule has 1 aliphatic rings. The minimum atomic E-state index is -0.503. The lowest BCUT2D eigenvalue weighted by molar-refractivity contribution is 0.666. The molecule has 0 amide bonds. The first-order valence-corrected chi connectivity index (χ1v) is 19.6. The summed E-state index contributed by atoms with van der Waals surface area (Å²) in [6.45, 7) is 0. The van der Waals surface area contributed by atoms with E-state index in [2.05, 4.69) is 229 Å². The average molecular weight is 728 g/mol. The molecular formula is C55H37NO. The van der Waals surface area contributed by atoms with Crippen LogP contribution in [-0.4, -0.2) is 0 Å². The lowest BCUT2D eigenvalue weighted by atomic mass is 9.67. The van der Waals surface area contributed by atoms with E-state index in [0.717, 1.165) is 39.0 Å². The lowest BCUT2D eigenvalue weighted by Gasteiger charge is -2.33. The van der Waals surface area contributed by atoms with Gasteiger partial charge in [0.15, 0.2) is 5.58 Å². The topological polar surface area (TPSA) is 16.4 Å². The third-order valence-corrected chi connectivity index (χ3v) is 11.8. The maximum Gasteiger partial charge on any atom is 0.159 e. The molecule has 0 N–H and O–H groups in total. The molecule has 1 aromatic heterocycles. The summed E-state index contributed by atoms with van der Waals surface area (Å²) in [4.78, 5) is 2.33. The second-order valence-electron chi connectivity index (χ2n) is 14.8. The van der Waals surface area contributed by atoms with Crippen molar-refractivity contribution >= 4 is 39.0 Å². The predicted octanol–water partition coefficient (Wildman–Crippen LogP) is 14.8. The maximum absolute atomic E-state index is 7.14. The van der Waals surface area contributed by atoms with Gasteiger partial charge in [0, 0.05) is 22.1 Å². The van der Waals surface area contributed by atoms with Gasteiger partial charge in [-0.2, -0.15) is 0 Å². The molecule has 57 heavy (non-hydrogen) atoms. The molecule has 0 atom stereocenters. The number of anilines is 3. The van der Waals surface area contributed by atoms with Crippen molar-refractivity contribution in [2.75, 3.05) is 4.90 Å². The monoisotopic (exact) mass is 727 g/mol. The van der Waals surface area contributed by atoms with Crippen molar-refractivity contribution in [1.29, 1.82) is 0 Å². The Morgan fingerprint density at radius 3 is 1.40 bits per heavy atom. The van der Waals surface area contributed by atoms with Crippen molar-refractivity contribution in [2.45, 2.75) is 5.41 Å². The largest absolute Gasteiger partial charge is 0.454 e. The van der Waals surface area contributed by atoms with E-state index in [1.807, 2.05) is 0 Å². The molecule has 1 aliphatic carbocycles. The molecule has 10 aromatic rings. The third-order valence-electron chi connectivity index (χ3n) is 11.8. The molecule has 0 bridgehead atoms. The first kappa shape index (κ1) is 33.0. The fraction of sp³-hybridized carbons (Fsp3) is 0.0182. The molecule has 0 saturated carbocycles. The number of furan rings is 1. The summed E-state index contributed by atoms with van der Waals surface area (Å²) < 4.78 is 7.14. The van der Waals surface area contributed by atoms with Crippen LogP contribution in [0.4, 0.5) is 17.1 Å². The number of hydrogen-bond donors (Lipinski definition) is 0. The van der Waals surface area contributed by atoms with Gasteiger partial charge in [-0.25, -0.2) is 0 Å². The molecule has 11 rings (SSSR count). The fourth-order valence-corrected chi connectivity index (χ4v) is 9.19. The summed E-state index contributed by atoms with van der Waals surface area (Å²) in [7, 11) is 0. The summed E-state index contributed by atoms with van der Waals surface area (Å²) in [5.74, 6) is 0. The molecule has 9 aromatic carbocycles. The van der Waals surface area contributed by atoms with E-state index in [1.165, 1.54) is 55.6 Å². The summed E-state index contributed by atoms with van der Waals surface area (Å²) in [5.41, 5.74) is 16.6. The van der Waals surface area contributed by atoms with E-state index < -0.39 is 5.41 Å². The number of fused-ring (bicyclic) bond motifs is 6. The van der Waals surface area contributed by atoms with Gasteiger partial charge in [-0.3, -0.25) is 0 Å². The lowest BCUT2D eigenvalue weighted by Crippen LogP contribution is -2.28. The second kappa shape index (κ2) is 13.4. The SMILES string of the molecule is c1ccc(-c2ccc(N(c3ccc(-c4ccccc4)cc3)c3cccc4c3oc3cc5c(cc34)-c3ccccc3C5(c3ccccc3)c3ccccc3)cc2)cc1. The molecule has 0 saturated heterocycles. The van der Waals surface area contributed by atoms with Crippen LogP contribution in [0.25, 0.3) is 55.3 Å². The fourth-order valence-electron chi connectivity index (χ4n) is 9.19. The first-order chi connectivity index (χ1) is 28.3. The normalized spacial score (nSPS) is 12.7. The molecule has 2 heteroatoms. The van der Waals surface area contributed by atoms with Crippen LogP contribution in [0.2, 0.25) is 0 Å². The number of nitrogens with zero attached hydrogens (tertiary/aromatic N) is 1. The second-order valence-corrected chi connectivity index (χ2v) is 14.8. The van der Waals surface area contributed by atoms with Gasteiger partial charge in [-0.05, 0) is 98.1 Å². The van der Waals surface area contributed by atoms with Crippen LogP contribution in [0.15, 0.2) is 229 Å². The van der Waals surface area contributed by atoms with Crippen molar-refractivity contribution in [3.05, 3.63) is 247 Å². The number of hydrogen-bond acceptors (Lipinski definition) is 2. The Morgan fingerprint density at radius 2 is 0.842 bits per heavy atom. The van der Waals surface area contributed by atoms with E-state index in [-0.39, 0.29) is 0 Å². The van der Waals surface area contributed by atoms with Gasteiger partial charge < -0.3 is 9.32 Å². The number of rotatable bonds is 7. The molecule has 0 spiro atoms. The maximum atomic E-state index is 7.14. The van der Waals surface area contributed by atoms with Crippen LogP contribution >= 0.6 is 0 Å². The van der Waals surface area contributed by atoms with E-state index in [9.17, 15) is 0 Å². The van der Waals surface area contributed by atoms with Crippen molar-refractivity contribution in [3.8, 4) is 33.4 Å². The zero-order valence-electron chi connectivity index (χ0n) is 31.2. The van der Waals surface area contributed by atoms with E-state index in [4.69, 9.17) is 4.42 Å². The number of benzene rings is 9. The Bertz CT molecular complexity index is 2900. The highest BCUT2D eigenvalue weighted by Gasteiger charge is 2.46. The van der Waals surface area contributed by atoms with E-state index >= 15 is 0 Å². The Labute approximate surface area is 332 Å². The summed E-state index contributed by atoms with van der Waals surface area (Å²) in [6.07, 6.45) is 0. The van der Waals surface area contributed by atoms with Gasteiger partial charge >= 0.3 is 0 Å². The zero-order valence-corrected chi connectivity index (χ0v) is 31.2. The minimum absolute atomic E-state index is 0.503. The Kier molecular flexibility index (Phi) is 7.75. The molecule has 0 radical (unpaired) electrons. The first-order valence-electron chi connectivity index (χ1n) is 19.6. The number of para-hydroxylation sites is 1. The van der Waals surface area contributed by atoms with Crippen LogP contribution in [0, 0.1) is 0 Å². The zero-order chi connectivity index (χ0) is 37.8. The highest BCUT2D eigenvalue weighted by Crippen LogP contribution is 2.57. The highest BCUT2D eigenvalue weighted by molar-refractivity contribution is 6.12. The van der Waals surface area contributed by atoms with Gasteiger partial charge in [-0.15, -0.1) is 0 Å². The van der Waals surface area contributed by atoms with Crippen LogP contribution in [0.5, 0.6) is 0 Å². The van der Waals surface area contributed by atoms with Gasteiger partial charge in [-0.1, -0.05) is 182 Å². The Morgan fingerprint density at radius 1 is 0.351 bits per heavy atom. The van der Waals surface area contributed by atoms with Gasteiger partial charge in [0.1, 0.15) is 5.58 Å². The minimum Gasteiger partial charge on any atom is -0.454 e. The average Bonchev–Trinajstić information content (AvgIpc) is 3.81. The third kappa shape index (κ3) is 5.26. The van der Waals surface area contributed by atoms with Gasteiger partial charge in [0.2, 0.25) is 0 Å². The van der Waals surface area contributed by atoms with Crippen molar-refractivity contribution in [1.82, 2.24) is 0 Å². The highest BCUT2D eigenvalue weighted by atomic mass is 16.3. The van der Waals surface area contributed by atoms with Crippen LogP contribution in [0.1, 0.15) is 22.3 Å². The standard InChI is InChI=1S/C55H37NO/c1-5-16-38(17-6-1)40-28-32-44(33-29-40)56(45-34-30-41(31-35-45)39-18-7-2-8-19-39)52-27-15-25-47-49-36-48-46-24-13-14-26-50(46)55(42-20-9-3-10-21-42,43-22-11-4-12-23-43)51(48)37-53(49)57-54(47)52/h1-37H. The van der Waals surface area contributed by atoms with Gasteiger partial charge in [0.05, 0.1) is 11.1 Å². The Balaban J connectivity index is 1.13. The molecule has 0 fully saturated rings. The molecule has 0 unspecified atom stereocenters. The van der Waals surface area contributed by atoms with Crippen LogP contribution < -0.4 is 4.90 Å². The van der Waals surface area contributed by atoms with Gasteiger partial charge in [0.25, 0.3) is 0 Å². The smallest absolute Gasteiger partial charge is 0.159 e. The molecule has 2 nitrogen and oxygen atoms in total. The predicted molar refractivity (Wildman–Crippen MR) is 237 cm³/mol. The van der Waals surface area contributed by atoms with Crippen LogP contribution in [0.3, 0.4) is 0 Å². The summed E-state index contributed by atoms with van der Waals surface area (Å²) in [6, 6.07) is 80.9. The summed E-state index contributed by atoms with van der Waals surface area (Å²) >= 11 is 0. The van der Waals surface area contributed by atoms with Crippen LogP contribution in [-0.2, 0) is 5.41 Å². The molecule has 268 valence electrons. The molecule has 1 heterocycles. The van der Waals surface area contributed by atoms with Crippen molar-refractivity contribution < 1.29 is 4.42 Å². The van der Waals surface area contributed by atoms with Crippen molar-refractivity contribution in [3.63, 3.8) is 0 Å². The van der Waals surface area contributed by atoms with Crippen molar-refractivity contribution in [2.24, 2.45) is 0 Å². The quantitative estimate of drug-likeness (QED) is 0.163. The van der Waals surface area contributed by atoms with E-state index in [1.54, 1.807) is 0 Å². The molecule has 0 aliphatic heterocycles. The Hall–Kier alpha value is -7.42.